The summed E-state index contributed by atoms with van der Waals surface area (Å²) in [4.78, 5) is 11.2. The van der Waals surface area contributed by atoms with Gasteiger partial charge in [0.15, 0.2) is 0 Å². The molecule has 2 heterocycles. The fraction of sp³-hybridized carbons (Fsp3) is 0.438. The van der Waals surface area contributed by atoms with E-state index in [1.807, 2.05) is 19.1 Å². The van der Waals surface area contributed by atoms with E-state index in [-0.39, 0.29) is 6.42 Å². The Morgan fingerprint density at radius 3 is 2.90 bits per heavy atom. The highest BCUT2D eigenvalue weighted by Crippen LogP contribution is 2.41. The maximum absolute atomic E-state index is 11.2. The molecule has 0 amide bonds. The third kappa shape index (κ3) is 1.83. The molecular weight excluding hydrogens is 254 g/mol. The standard InChI is InChI=1S/C16H19NO3/c1-3-17-13-7-5-4-6-11(13)12-8-9-20-16(2,15(12)17)10-14(18)19/h4-7H,3,8-10H2,1-2H3,(H,18,19). The minimum atomic E-state index is -0.826. The number of ether oxygens (including phenoxy) is 1. The molecule has 1 aliphatic rings. The second-order valence-electron chi connectivity index (χ2n) is 5.49. The molecule has 1 N–H and O–H groups in total. The molecule has 1 aromatic carbocycles. The summed E-state index contributed by atoms with van der Waals surface area (Å²) < 4.78 is 8.07. The van der Waals surface area contributed by atoms with Gasteiger partial charge in [-0.05, 0) is 31.9 Å². The zero-order valence-electron chi connectivity index (χ0n) is 11.8. The molecule has 0 aliphatic carbocycles. The monoisotopic (exact) mass is 273 g/mol. The van der Waals surface area contributed by atoms with Crippen molar-refractivity contribution in [2.24, 2.45) is 0 Å². The van der Waals surface area contributed by atoms with E-state index >= 15 is 0 Å². The number of hydrogen-bond donors (Lipinski definition) is 1. The summed E-state index contributed by atoms with van der Waals surface area (Å²) in [5.41, 5.74) is 2.71. The van der Waals surface area contributed by atoms with Gasteiger partial charge in [0, 0.05) is 17.4 Å². The van der Waals surface area contributed by atoms with Crippen LogP contribution in [0.1, 0.15) is 31.5 Å². The van der Waals surface area contributed by atoms with Crippen molar-refractivity contribution in [3.05, 3.63) is 35.5 Å². The molecule has 4 nitrogen and oxygen atoms in total. The first-order valence-corrected chi connectivity index (χ1v) is 7.03. The van der Waals surface area contributed by atoms with Crippen LogP contribution in [0.2, 0.25) is 0 Å². The first kappa shape index (κ1) is 13.2. The number of hydrogen-bond acceptors (Lipinski definition) is 2. The van der Waals surface area contributed by atoms with Crippen LogP contribution in [0, 0.1) is 0 Å². The van der Waals surface area contributed by atoms with E-state index in [0.717, 1.165) is 18.7 Å². The van der Waals surface area contributed by atoms with Crippen molar-refractivity contribution in [2.75, 3.05) is 6.61 Å². The summed E-state index contributed by atoms with van der Waals surface area (Å²) in [5, 5.41) is 10.4. The van der Waals surface area contributed by atoms with Crippen LogP contribution in [0.5, 0.6) is 0 Å². The van der Waals surface area contributed by atoms with Crippen molar-refractivity contribution in [1.29, 1.82) is 0 Å². The molecule has 0 spiro atoms. The van der Waals surface area contributed by atoms with Gasteiger partial charge in [0.05, 0.1) is 18.7 Å². The SMILES string of the molecule is CCn1c2c(c3ccccc31)CCOC2(C)CC(=O)O. The summed E-state index contributed by atoms with van der Waals surface area (Å²) in [6.45, 7) is 5.37. The average molecular weight is 273 g/mol. The summed E-state index contributed by atoms with van der Waals surface area (Å²) in [6.07, 6.45) is 0.842. The lowest BCUT2D eigenvalue weighted by atomic mass is 9.90. The van der Waals surface area contributed by atoms with Crippen LogP contribution in [-0.4, -0.2) is 22.2 Å². The Morgan fingerprint density at radius 1 is 1.45 bits per heavy atom. The third-order valence-corrected chi connectivity index (χ3v) is 4.15. The van der Waals surface area contributed by atoms with Gasteiger partial charge in [0.25, 0.3) is 0 Å². The molecule has 0 fully saturated rings. The lowest BCUT2D eigenvalue weighted by Gasteiger charge is -2.34. The first-order valence-electron chi connectivity index (χ1n) is 7.03. The second-order valence-corrected chi connectivity index (χ2v) is 5.49. The molecule has 20 heavy (non-hydrogen) atoms. The van der Waals surface area contributed by atoms with Crippen molar-refractivity contribution in [2.45, 2.75) is 38.8 Å². The normalized spacial score (nSPS) is 21.9. The molecule has 0 radical (unpaired) electrons. The molecule has 0 saturated carbocycles. The molecule has 1 atom stereocenters. The largest absolute Gasteiger partial charge is 0.481 e. The third-order valence-electron chi connectivity index (χ3n) is 4.15. The number of carboxylic acid groups (broad SMARTS) is 1. The predicted molar refractivity (Wildman–Crippen MR) is 76.9 cm³/mol. The number of aliphatic carboxylic acids is 1. The molecule has 0 bridgehead atoms. The lowest BCUT2D eigenvalue weighted by molar-refractivity contribution is -0.146. The Morgan fingerprint density at radius 2 is 2.20 bits per heavy atom. The molecule has 3 rings (SSSR count). The Kier molecular flexibility index (Phi) is 3.05. The maximum atomic E-state index is 11.2. The van der Waals surface area contributed by atoms with Crippen molar-refractivity contribution < 1.29 is 14.6 Å². The van der Waals surface area contributed by atoms with Gasteiger partial charge in [-0.2, -0.15) is 0 Å². The number of fused-ring (bicyclic) bond motifs is 3. The average Bonchev–Trinajstić information content (AvgIpc) is 2.73. The van der Waals surface area contributed by atoms with Gasteiger partial charge in [0.1, 0.15) is 5.60 Å². The topological polar surface area (TPSA) is 51.5 Å². The van der Waals surface area contributed by atoms with Crippen LogP contribution < -0.4 is 0 Å². The number of benzene rings is 1. The molecular formula is C16H19NO3. The van der Waals surface area contributed by atoms with Gasteiger partial charge in [-0.3, -0.25) is 4.79 Å². The second kappa shape index (κ2) is 4.63. The number of nitrogens with zero attached hydrogens (tertiary/aromatic N) is 1. The van der Waals surface area contributed by atoms with Crippen LogP contribution in [0.3, 0.4) is 0 Å². The van der Waals surface area contributed by atoms with Crippen molar-refractivity contribution in [3.8, 4) is 0 Å². The van der Waals surface area contributed by atoms with Crippen LogP contribution in [0.15, 0.2) is 24.3 Å². The van der Waals surface area contributed by atoms with E-state index < -0.39 is 11.6 Å². The number of para-hydroxylation sites is 1. The number of rotatable bonds is 3. The van der Waals surface area contributed by atoms with E-state index in [2.05, 4.69) is 23.6 Å². The molecule has 106 valence electrons. The Labute approximate surface area is 118 Å². The number of aryl methyl sites for hydroxylation is 1. The van der Waals surface area contributed by atoms with Crippen molar-refractivity contribution in [3.63, 3.8) is 0 Å². The van der Waals surface area contributed by atoms with Crippen molar-refractivity contribution in [1.82, 2.24) is 4.57 Å². The highest BCUT2D eigenvalue weighted by molar-refractivity contribution is 5.86. The minimum absolute atomic E-state index is 0.00365. The summed E-state index contributed by atoms with van der Waals surface area (Å²) >= 11 is 0. The quantitative estimate of drug-likeness (QED) is 0.935. The van der Waals surface area contributed by atoms with Crippen LogP contribution in [0.25, 0.3) is 10.9 Å². The van der Waals surface area contributed by atoms with E-state index in [1.165, 1.54) is 16.5 Å². The summed E-state index contributed by atoms with van der Waals surface area (Å²) in [6, 6.07) is 8.27. The fourth-order valence-corrected chi connectivity index (χ4v) is 3.43. The summed E-state index contributed by atoms with van der Waals surface area (Å²) in [5.74, 6) is -0.826. The highest BCUT2D eigenvalue weighted by Gasteiger charge is 2.39. The van der Waals surface area contributed by atoms with Crippen molar-refractivity contribution >= 4 is 16.9 Å². The lowest BCUT2D eigenvalue weighted by Crippen LogP contribution is -2.36. The Balaban J connectivity index is 2.29. The van der Waals surface area contributed by atoms with E-state index in [4.69, 9.17) is 4.74 Å². The molecule has 4 heteroatoms. The van der Waals surface area contributed by atoms with Gasteiger partial charge in [-0.25, -0.2) is 0 Å². The van der Waals surface area contributed by atoms with Crippen LogP contribution in [-0.2, 0) is 28.1 Å². The van der Waals surface area contributed by atoms with E-state index in [0.29, 0.717) is 6.61 Å². The minimum Gasteiger partial charge on any atom is -0.481 e. The van der Waals surface area contributed by atoms with Gasteiger partial charge >= 0.3 is 5.97 Å². The first-order chi connectivity index (χ1) is 9.57. The van der Waals surface area contributed by atoms with E-state index in [1.54, 1.807) is 0 Å². The summed E-state index contributed by atoms with van der Waals surface area (Å²) in [7, 11) is 0. The maximum Gasteiger partial charge on any atom is 0.306 e. The molecule has 1 aromatic heterocycles. The Hall–Kier alpha value is -1.81. The molecule has 0 saturated heterocycles. The zero-order valence-corrected chi connectivity index (χ0v) is 11.8. The number of carboxylic acids is 1. The van der Waals surface area contributed by atoms with Gasteiger partial charge in [0.2, 0.25) is 0 Å². The predicted octanol–water partition coefficient (Wildman–Crippen LogP) is 2.92. The zero-order chi connectivity index (χ0) is 14.3. The van der Waals surface area contributed by atoms with E-state index in [9.17, 15) is 9.90 Å². The number of aromatic nitrogens is 1. The van der Waals surface area contributed by atoms with Gasteiger partial charge < -0.3 is 14.4 Å². The van der Waals surface area contributed by atoms with Crippen LogP contribution in [0.4, 0.5) is 0 Å². The molecule has 1 unspecified atom stereocenters. The molecule has 2 aromatic rings. The van der Waals surface area contributed by atoms with Gasteiger partial charge in [-0.1, -0.05) is 18.2 Å². The number of carbonyl (C=O) groups is 1. The highest BCUT2D eigenvalue weighted by atomic mass is 16.5. The fourth-order valence-electron chi connectivity index (χ4n) is 3.43. The molecule has 1 aliphatic heterocycles. The smallest absolute Gasteiger partial charge is 0.306 e. The van der Waals surface area contributed by atoms with Gasteiger partial charge in [-0.15, -0.1) is 0 Å². The van der Waals surface area contributed by atoms with Crippen LogP contribution >= 0.6 is 0 Å². The Bertz CT molecular complexity index is 641.